The number of carbonyl (C=O) groups is 1. The third-order valence-corrected chi connectivity index (χ3v) is 7.07. The van der Waals surface area contributed by atoms with Crippen molar-refractivity contribution in [1.82, 2.24) is 14.8 Å². The minimum Gasteiger partial charge on any atom is -0.450 e. The Kier molecular flexibility index (Phi) is 5.81. The van der Waals surface area contributed by atoms with Gasteiger partial charge in [-0.1, -0.05) is 17.3 Å². The molecule has 7 nitrogen and oxygen atoms in total. The molecular weight excluding hydrogens is 416 g/mol. The van der Waals surface area contributed by atoms with Crippen LogP contribution in [0.1, 0.15) is 47.0 Å². The molecular formula is C26H28N4O3. The van der Waals surface area contributed by atoms with E-state index in [0.717, 1.165) is 66.6 Å². The lowest BCUT2D eigenvalue weighted by atomic mass is 9.99. The average molecular weight is 445 g/mol. The predicted octanol–water partition coefficient (Wildman–Crippen LogP) is 4.93. The molecule has 0 saturated carbocycles. The quantitative estimate of drug-likeness (QED) is 0.522. The first kappa shape index (κ1) is 21.5. The molecule has 0 radical (unpaired) electrons. The van der Waals surface area contributed by atoms with Gasteiger partial charge in [-0.15, -0.1) is 0 Å². The van der Waals surface area contributed by atoms with Gasteiger partial charge in [-0.2, -0.15) is 4.91 Å². The Balaban J connectivity index is 1.51. The van der Waals surface area contributed by atoms with Crippen LogP contribution in [0.15, 0.2) is 58.4 Å². The molecule has 1 aliphatic heterocycles. The predicted molar refractivity (Wildman–Crippen MR) is 127 cm³/mol. The second-order valence-electron chi connectivity index (χ2n) is 9.11. The number of piperidine rings is 1. The molecule has 1 fully saturated rings. The van der Waals surface area contributed by atoms with E-state index in [1.807, 2.05) is 42.3 Å². The number of rotatable bonds is 5. The smallest absolute Gasteiger partial charge is 0.289 e. The van der Waals surface area contributed by atoms with Gasteiger partial charge < -0.3 is 14.2 Å². The number of hydrogen-bond donors (Lipinski definition) is 0. The number of aryl methyl sites for hydroxylation is 1. The highest BCUT2D eigenvalue weighted by Gasteiger charge is 2.29. The monoisotopic (exact) mass is 444 g/mol. The van der Waals surface area contributed by atoms with Crippen LogP contribution in [0.5, 0.6) is 0 Å². The molecule has 7 heteroatoms. The van der Waals surface area contributed by atoms with Crippen molar-refractivity contribution in [2.45, 2.75) is 37.8 Å². The maximum absolute atomic E-state index is 13.4. The van der Waals surface area contributed by atoms with Crippen LogP contribution in [0.25, 0.3) is 22.5 Å². The minimum atomic E-state index is -0.273. The standard InChI is InChI=1S/C26H28N4O3/c1-29-13-9-20(10-14-29)30(2)26(31)24-16-22(17-7-11-27-12-8-17)25(33-24)19-3-5-21-18(15-19)4-6-23(21)28-32/h3,5,7-8,11-12,15-16,20,23H,4,6,9-10,13-14H2,1-2H3. The highest BCUT2D eigenvalue weighted by Crippen LogP contribution is 2.40. The van der Waals surface area contributed by atoms with E-state index in [1.54, 1.807) is 12.4 Å². The van der Waals surface area contributed by atoms with E-state index in [2.05, 4.69) is 28.2 Å². The molecule has 0 N–H and O–H groups in total. The van der Waals surface area contributed by atoms with Crippen molar-refractivity contribution in [3.63, 3.8) is 0 Å². The lowest BCUT2D eigenvalue weighted by Gasteiger charge is -2.34. The van der Waals surface area contributed by atoms with Crippen LogP contribution in [0, 0.1) is 4.91 Å². The van der Waals surface area contributed by atoms with E-state index in [4.69, 9.17) is 4.42 Å². The third-order valence-electron chi connectivity index (χ3n) is 7.07. The summed E-state index contributed by atoms with van der Waals surface area (Å²) >= 11 is 0. The zero-order chi connectivity index (χ0) is 22.9. The maximum atomic E-state index is 13.4. The summed E-state index contributed by atoms with van der Waals surface area (Å²) in [5.41, 5.74) is 4.81. The van der Waals surface area contributed by atoms with Gasteiger partial charge in [0.15, 0.2) is 5.76 Å². The Morgan fingerprint density at radius 1 is 1.09 bits per heavy atom. The zero-order valence-electron chi connectivity index (χ0n) is 19.0. The summed E-state index contributed by atoms with van der Waals surface area (Å²) < 4.78 is 6.26. The summed E-state index contributed by atoms with van der Waals surface area (Å²) in [5.74, 6) is 0.898. The van der Waals surface area contributed by atoms with E-state index in [0.29, 0.717) is 11.5 Å². The van der Waals surface area contributed by atoms with E-state index in [9.17, 15) is 9.70 Å². The molecule has 1 saturated heterocycles. The Morgan fingerprint density at radius 2 is 1.85 bits per heavy atom. The summed E-state index contributed by atoms with van der Waals surface area (Å²) in [6.07, 6.45) is 6.95. The highest BCUT2D eigenvalue weighted by atomic mass is 16.4. The van der Waals surface area contributed by atoms with Crippen LogP contribution in [-0.4, -0.2) is 53.9 Å². The first-order valence-electron chi connectivity index (χ1n) is 11.5. The number of carbonyl (C=O) groups excluding carboxylic acids is 1. The van der Waals surface area contributed by atoms with E-state index >= 15 is 0 Å². The summed E-state index contributed by atoms with van der Waals surface area (Å²) in [6.45, 7) is 1.97. The molecule has 1 aliphatic carbocycles. The Hall–Kier alpha value is -3.32. The Morgan fingerprint density at radius 3 is 2.58 bits per heavy atom. The molecule has 5 rings (SSSR count). The van der Waals surface area contributed by atoms with E-state index in [-0.39, 0.29) is 18.0 Å². The minimum absolute atomic E-state index is 0.0995. The molecule has 2 aliphatic rings. The van der Waals surface area contributed by atoms with Crippen molar-refractivity contribution >= 4 is 5.91 Å². The van der Waals surface area contributed by atoms with Gasteiger partial charge in [0.05, 0.1) is 0 Å². The second-order valence-corrected chi connectivity index (χ2v) is 9.11. The third kappa shape index (κ3) is 4.09. The number of nitrogens with zero attached hydrogens (tertiary/aromatic N) is 4. The van der Waals surface area contributed by atoms with Gasteiger partial charge in [0.1, 0.15) is 11.8 Å². The van der Waals surface area contributed by atoms with Crippen molar-refractivity contribution in [3.05, 3.63) is 70.6 Å². The molecule has 0 spiro atoms. The summed E-state index contributed by atoms with van der Waals surface area (Å²) in [5, 5.41) is 3.26. The zero-order valence-corrected chi connectivity index (χ0v) is 19.0. The van der Waals surface area contributed by atoms with E-state index in [1.165, 1.54) is 0 Å². The van der Waals surface area contributed by atoms with Gasteiger partial charge in [-0.25, -0.2) is 0 Å². The van der Waals surface area contributed by atoms with Crippen molar-refractivity contribution in [2.75, 3.05) is 27.2 Å². The second kappa shape index (κ2) is 8.90. The summed E-state index contributed by atoms with van der Waals surface area (Å²) in [6, 6.07) is 11.6. The van der Waals surface area contributed by atoms with Crippen LogP contribution < -0.4 is 0 Å². The fourth-order valence-corrected chi connectivity index (χ4v) is 5.02. The van der Waals surface area contributed by atoms with Crippen molar-refractivity contribution in [1.29, 1.82) is 0 Å². The number of pyridine rings is 1. The topological polar surface area (TPSA) is 79.0 Å². The first-order chi connectivity index (χ1) is 16.0. The van der Waals surface area contributed by atoms with Crippen LogP contribution >= 0.6 is 0 Å². The van der Waals surface area contributed by atoms with Crippen LogP contribution in [0.2, 0.25) is 0 Å². The number of aromatic nitrogens is 1. The molecule has 3 heterocycles. The molecule has 2 aromatic heterocycles. The molecule has 1 unspecified atom stereocenters. The van der Waals surface area contributed by atoms with Crippen molar-refractivity contribution < 1.29 is 9.21 Å². The maximum Gasteiger partial charge on any atom is 0.289 e. The number of fused-ring (bicyclic) bond motifs is 1. The fourth-order valence-electron chi connectivity index (χ4n) is 5.02. The van der Waals surface area contributed by atoms with Crippen LogP contribution in [0.4, 0.5) is 0 Å². The normalized spacial score (nSPS) is 18.8. The summed E-state index contributed by atoms with van der Waals surface area (Å²) in [7, 11) is 3.98. The van der Waals surface area contributed by atoms with Gasteiger partial charge in [0, 0.05) is 36.6 Å². The SMILES string of the molecule is CN1CCC(N(C)C(=O)c2cc(-c3ccncc3)c(-c3ccc4c(c3)CCC4N=O)o2)CC1. The van der Waals surface area contributed by atoms with Crippen molar-refractivity contribution in [3.8, 4) is 22.5 Å². The Labute approximate surface area is 193 Å². The van der Waals surface area contributed by atoms with Gasteiger partial charge in [0.2, 0.25) is 0 Å². The fraction of sp³-hybridized carbons (Fsp3) is 0.385. The lowest BCUT2D eigenvalue weighted by Crippen LogP contribution is -2.44. The van der Waals surface area contributed by atoms with Gasteiger partial charge in [-0.05, 0) is 86.8 Å². The molecule has 3 aromatic rings. The lowest BCUT2D eigenvalue weighted by molar-refractivity contribution is 0.0629. The number of amides is 1. The molecule has 0 bridgehead atoms. The molecule has 1 aromatic carbocycles. The number of hydrogen-bond acceptors (Lipinski definition) is 6. The number of nitroso groups, excluding NO2 is 1. The Bertz CT molecular complexity index is 1170. The molecule has 1 atom stereocenters. The van der Waals surface area contributed by atoms with Gasteiger partial charge in [-0.3, -0.25) is 9.78 Å². The van der Waals surface area contributed by atoms with Crippen LogP contribution in [0.3, 0.4) is 0 Å². The molecule has 33 heavy (non-hydrogen) atoms. The van der Waals surface area contributed by atoms with Gasteiger partial charge in [0.25, 0.3) is 5.91 Å². The van der Waals surface area contributed by atoms with E-state index < -0.39 is 0 Å². The molecule has 170 valence electrons. The largest absolute Gasteiger partial charge is 0.450 e. The number of likely N-dealkylation sites (tertiary alicyclic amines) is 1. The highest BCUT2D eigenvalue weighted by molar-refractivity contribution is 5.95. The molecule has 1 amide bonds. The summed E-state index contributed by atoms with van der Waals surface area (Å²) in [4.78, 5) is 32.8. The number of benzene rings is 1. The first-order valence-corrected chi connectivity index (χ1v) is 11.5. The average Bonchev–Trinajstić information content (AvgIpc) is 3.48. The van der Waals surface area contributed by atoms with Crippen molar-refractivity contribution in [2.24, 2.45) is 5.18 Å². The van der Waals surface area contributed by atoms with Crippen LogP contribution in [-0.2, 0) is 6.42 Å². The number of furan rings is 1. The van der Waals surface area contributed by atoms with Gasteiger partial charge >= 0.3 is 0 Å².